The van der Waals surface area contributed by atoms with E-state index in [9.17, 15) is 17.6 Å². The van der Waals surface area contributed by atoms with Crippen LogP contribution in [-0.2, 0) is 14.8 Å². The van der Waals surface area contributed by atoms with E-state index >= 15 is 0 Å². The topological polar surface area (TPSA) is 90.9 Å². The molecule has 7 nitrogen and oxygen atoms in total. The van der Waals surface area contributed by atoms with E-state index in [-0.39, 0.29) is 16.0 Å². The Balaban J connectivity index is 1.83. The molecule has 4 rings (SSSR count). The second-order valence-corrected chi connectivity index (χ2v) is 8.50. The third-order valence-corrected chi connectivity index (χ3v) is 6.77. The molecule has 146 valence electrons. The molecule has 0 aliphatic carbocycles. The van der Waals surface area contributed by atoms with E-state index in [0.29, 0.717) is 29.4 Å². The van der Waals surface area contributed by atoms with E-state index in [1.165, 1.54) is 18.2 Å². The van der Waals surface area contributed by atoms with Gasteiger partial charge in [0.2, 0.25) is 0 Å². The molecule has 1 aliphatic heterocycles. The SMILES string of the molecule is COC(=O)c1sc2cccc(F)c2c1S(=O)(=O)Nc1ccc2c(c1)OCCO2. The van der Waals surface area contributed by atoms with Crippen molar-refractivity contribution in [1.29, 1.82) is 0 Å². The standard InChI is InChI=1S/C18H14FNO6S2/c1-24-18(21)16-17(15-11(19)3-2-4-14(15)27-16)28(22,23)20-10-5-6-12-13(9-10)26-8-7-25-12/h2-6,9,20H,7-8H2,1H3. The van der Waals surface area contributed by atoms with Gasteiger partial charge in [0, 0.05) is 16.2 Å². The molecule has 0 spiro atoms. The first kappa shape index (κ1) is 18.5. The van der Waals surface area contributed by atoms with Gasteiger partial charge in [0.15, 0.2) is 11.5 Å². The van der Waals surface area contributed by atoms with E-state index in [1.54, 1.807) is 12.1 Å². The molecule has 2 heterocycles. The average Bonchev–Trinajstić information content (AvgIpc) is 3.09. The minimum absolute atomic E-state index is 0.155. The van der Waals surface area contributed by atoms with Gasteiger partial charge < -0.3 is 14.2 Å². The molecule has 0 radical (unpaired) electrons. The highest BCUT2D eigenvalue weighted by molar-refractivity contribution is 7.93. The van der Waals surface area contributed by atoms with Crippen molar-refractivity contribution < 1.29 is 31.8 Å². The van der Waals surface area contributed by atoms with Gasteiger partial charge in [-0.25, -0.2) is 17.6 Å². The number of benzene rings is 2. The first-order chi connectivity index (χ1) is 13.4. The maximum absolute atomic E-state index is 14.4. The molecule has 0 unspecified atom stereocenters. The molecule has 0 fully saturated rings. The number of carbonyl (C=O) groups excluding carboxylic acids is 1. The zero-order valence-electron chi connectivity index (χ0n) is 14.5. The maximum Gasteiger partial charge on any atom is 0.349 e. The van der Waals surface area contributed by atoms with Gasteiger partial charge >= 0.3 is 5.97 Å². The number of rotatable bonds is 4. The molecule has 1 aromatic heterocycles. The number of fused-ring (bicyclic) bond motifs is 2. The summed E-state index contributed by atoms with van der Waals surface area (Å²) in [7, 11) is -3.18. The predicted octanol–water partition coefficient (Wildman–Crippen LogP) is 3.40. The van der Waals surface area contributed by atoms with Crippen LogP contribution in [0.25, 0.3) is 10.1 Å². The van der Waals surface area contributed by atoms with Crippen molar-refractivity contribution in [1.82, 2.24) is 0 Å². The minimum Gasteiger partial charge on any atom is -0.486 e. The number of nitrogens with one attached hydrogen (secondary N) is 1. The number of hydrogen-bond acceptors (Lipinski definition) is 7. The van der Waals surface area contributed by atoms with Crippen LogP contribution in [0.1, 0.15) is 9.67 Å². The minimum atomic E-state index is -4.31. The van der Waals surface area contributed by atoms with Gasteiger partial charge in [-0.15, -0.1) is 11.3 Å². The highest BCUT2D eigenvalue weighted by Crippen LogP contribution is 2.39. The van der Waals surface area contributed by atoms with Crippen LogP contribution in [0.2, 0.25) is 0 Å². The van der Waals surface area contributed by atoms with Crippen LogP contribution in [0.4, 0.5) is 10.1 Å². The molecule has 1 N–H and O–H groups in total. The zero-order chi connectivity index (χ0) is 19.9. The van der Waals surface area contributed by atoms with E-state index in [4.69, 9.17) is 9.47 Å². The lowest BCUT2D eigenvalue weighted by molar-refractivity contribution is 0.0602. The van der Waals surface area contributed by atoms with Crippen molar-refractivity contribution in [3.05, 3.63) is 47.1 Å². The molecule has 0 saturated heterocycles. The van der Waals surface area contributed by atoms with Crippen molar-refractivity contribution in [3.63, 3.8) is 0 Å². The molecule has 0 amide bonds. The third kappa shape index (κ3) is 3.14. The van der Waals surface area contributed by atoms with Crippen LogP contribution < -0.4 is 14.2 Å². The first-order valence-electron chi connectivity index (χ1n) is 8.12. The fraction of sp³-hybridized carbons (Fsp3) is 0.167. The molecule has 2 aromatic carbocycles. The quantitative estimate of drug-likeness (QED) is 0.647. The molecule has 1 aliphatic rings. The summed E-state index contributed by atoms with van der Waals surface area (Å²) in [5, 5.41) is -0.155. The fourth-order valence-corrected chi connectivity index (χ4v) is 5.77. The maximum atomic E-state index is 14.4. The average molecular weight is 423 g/mol. The number of ether oxygens (including phenoxy) is 3. The normalized spacial score (nSPS) is 13.4. The Morgan fingerprint density at radius 3 is 2.68 bits per heavy atom. The lowest BCUT2D eigenvalue weighted by atomic mass is 10.2. The smallest absolute Gasteiger partial charge is 0.349 e. The van der Waals surface area contributed by atoms with Gasteiger partial charge in [-0.3, -0.25) is 4.72 Å². The van der Waals surface area contributed by atoms with Crippen molar-refractivity contribution >= 4 is 43.1 Å². The second-order valence-electron chi connectivity index (χ2n) is 5.83. The second kappa shape index (κ2) is 6.95. The van der Waals surface area contributed by atoms with Crippen molar-refractivity contribution in [2.24, 2.45) is 0 Å². The highest BCUT2D eigenvalue weighted by Gasteiger charge is 2.31. The van der Waals surface area contributed by atoms with Crippen LogP contribution in [0.5, 0.6) is 11.5 Å². The molecular formula is C18H14FNO6S2. The molecule has 28 heavy (non-hydrogen) atoms. The number of anilines is 1. The largest absolute Gasteiger partial charge is 0.486 e. The Morgan fingerprint density at radius 1 is 1.18 bits per heavy atom. The Kier molecular flexibility index (Phi) is 4.60. The van der Waals surface area contributed by atoms with Gasteiger partial charge in [0.1, 0.15) is 28.8 Å². The van der Waals surface area contributed by atoms with E-state index in [2.05, 4.69) is 9.46 Å². The Labute approximate surface area is 163 Å². The lowest BCUT2D eigenvalue weighted by Gasteiger charge is -2.19. The Bertz CT molecular complexity index is 1190. The van der Waals surface area contributed by atoms with Gasteiger partial charge in [0.25, 0.3) is 10.0 Å². The van der Waals surface area contributed by atoms with Crippen LogP contribution >= 0.6 is 11.3 Å². The molecule has 10 heteroatoms. The van der Waals surface area contributed by atoms with Crippen molar-refractivity contribution in [2.75, 3.05) is 25.0 Å². The summed E-state index contributed by atoms with van der Waals surface area (Å²) in [6.45, 7) is 0.747. The molecule has 0 atom stereocenters. The van der Waals surface area contributed by atoms with Gasteiger partial charge in [-0.2, -0.15) is 0 Å². The Morgan fingerprint density at radius 2 is 1.93 bits per heavy atom. The summed E-state index contributed by atoms with van der Waals surface area (Å²) >= 11 is 0.853. The summed E-state index contributed by atoms with van der Waals surface area (Å²) in [6.07, 6.45) is 0. The van der Waals surface area contributed by atoms with Crippen LogP contribution in [0.15, 0.2) is 41.3 Å². The monoisotopic (exact) mass is 423 g/mol. The summed E-state index contributed by atoms with van der Waals surface area (Å²) in [5.41, 5.74) is 0.191. The zero-order valence-corrected chi connectivity index (χ0v) is 16.2. The lowest BCUT2D eigenvalue weighted by Crippen LogP contribution is -2.18. The van der Waals surface area contributed by atoms with E-state index in [1.807, 2.05) is 0 Å². The highest BCUT2D eigenvalue weighted by atomic mass is 32.2. The molecule has 0 saturated carbocycles. The van der Waals surface area contributed by atoms with E-state index < -0.39 is 26.7 Å². The van der Waals surface area contributed by atoms with Gasteiger partial charge in [0.05, 0.1) is 12.8 Å². The molecule has 0 bridgehead atoms. The number of methoxy groups -OCH3 is 1. The van der Waals surface area contributed by atoms with Gasteiger partial charge in [-0.05, 0) is 24.3 Å². The summed E-state index contributed by atoms with van der Waals surface area (Å²) in [4.78, 5) is 11.5. The third-order valence-electron chi connectivity index (χ3n) is 4.05. The van der Waals surface area contributed by atoms with Gasteiger partial charge in [-0.1, -0.05) is 6.07 Å². The molecule has 3 aromatic rings. The summed E-state index contributed by atoms with van der Waals surface area (Å²) < 4.78 is 58.9. The van der Waals surface area contributed by atoms with Crippen molar-refractivity contribution in [2.45, 2.75) is 4.90 Å². The Hall–Kier alpha value is -2.85. The number of sulfonamides is 1. The number of halogens is 1. The summed E-state index contributed by atoms with van der Waals surface area (Å²) in [5.74, 6) is -0.716. The number of carbonyl (C=O) groups is 1. The number of hydrogen-bond donors (Lipinski definition) is 1. The van der Waals surface area contributed by atoms with Crippen LogP contribution in [-0.4, -0.2) is 34.7 Å². The fourth-order valence-electron chi connectivity index (χ4n) is 2.88. The molecular weight excluding hydrogens is 409 g/mol. The summed E-state index contributed by atoms with van der Waals surface area (Å²) in [6, 6.07) is 8.65. The van der Waals surface area contributed by atoms with Crippen molar-refractivity contribution in [3.8, 4) is 11.5 Å². The van der Waals surface area contributed by atoms with Crippen LogP contribution in [0.3, 0.4) is 0 Å². The van der Waals surface area contributed by atoms with Crippen LogP contribution in [0, 0.1) is 5.82 Å². The number of thiophene rings is 1. The predicted molar refractivity (Wildman–Crippen MR) is 101 cm³/mol. The number of esters is 1. The first-order valence-corrected chi connectivity index (χ1v) is 10.4. The van der Waals surface area contributed by atoms with E-state index in [0.717, 1.165) is 24.5 Å².